The van der Waals surface area contributed by atoms with Crippen LogP contribution < -0.4 is 20.9 Å². The van der Waals surface area contributed by atoms with Crippen molar-refractivity contribution in [3.05, 3.63) is 100 Å². The molecule has 3 aromatic rings. The Morgan fingerprint density at radius 3 is 2.45 bits per heavy atom. The molecule has 2 saturated heterocycles. The van der Waals surface area contributed by atoms with Gasteiger partial charge in [0, 0.05) is 69.0 Å². The molecular weight excluding hydrogens is 572 g/mol. The fourth-order valence-corrected chi connectivity index (χ4v) is 6.85. The Labute approximate surface area is 265 Å². The number of hydrogen-bond donors (Lipinski definition) is 3. The molecule has 8 nitrogen and oxygen atoms in total. The molecule has 0 unspecified atom stereocenters. The van der Waals surface area contributed by atoms with E-state index in [4.69, 9.17) is 11.6 Å². The predicted octanol–water partition coefficient (Wildman–Crippen LogP) is 3.22. The summed E-state index contributed by atoms with van der Waals surface area (Å²) < 4.78 is 0. The van der Waals surface area contributed by atoms with Crippen LogP contribution in [-0.4, -0.2) is 86.1 Å². The highest BCUT2D eigenvalue weighted by Gasteiger charge is 2.32. The molecule has 3 aliphatic heterocycles. The highest BCUT2D eigenvalue weighted by atomic mass is 35.5. The van der Waals surface area contributed by atoms with E-state index in [9.17, 15) is 9.59 Å². The second-order valence-corrected chi connectivity index (χ2v) is 12.7. The monoisotopic (exact) mass is 614 g/mol. The Hall–Kier alpha value is -3.43. The zero-order chi connectivity index (χ0) is 30.5. The van der Waals surface area contributed by atoms with Gasteiger partial charge >= 0.3 is 0 Å². The first-order valence-corrected chi connectivity index (χ1v) is 16.2. The topological polar surface area (TPSA) is 80.0 Å². The standard InChI is InChI=1S/C35H43ClN6O2/c1-40(30-14-15-37-23-30)24-28-8-4-5-9-33(28)41-16-18-42(19-17-41)35(44)32(20-25-10-12-29(36)13-11-25)39-34(43)31-21-26-6-2-3-7-27(26)22-38-31/h2-13,30-32,37-38H,14-24H2,1H3,(H,39,43)/t30-,31+,32+/m0/s1. The summed E-state index contributed by atoms with van der Waals surface area (Å²) in [6, 6.07) is 23.9. The summed E-state index contributed by atoms with van der Waals surface area (Å²) in [5.74, 6) is -0.174. The number of carbonyl (C=O) groups is 2. The molecule has 3 heterocycles. The van der Waals surface area contributed by atoms with E-state index in [1.165, 1.54) is 28.8 Å². The van der Waals surface area contributed by atoms with Crippen molar-refractivity contribution in [3.8, 4) is 0 Å². The minimum absolute atomic E-state index is 0.0362. The first-order valence-electron chi connectivity index (χ1n) is 15.8. The van der Waals surface area contributed by atoms with Gasteiger partial charge in [0.2, 0.25) is 11.8 Å². The Bertz CT molecular complexity index is 1440. The highest BCUT2D eigenvalue weighted by molar-refractivity contribution is 6.30. The molecule has 0 aliphatic carbocycles. The first kappa shape index (κ1) is 30.6. The van der Waals surface area contributed by atoms with Crippen LogP contribution in [0.1, 0.15) is 28.7 Å². The first-order chi connectivity index (χ1) is 21.4. The van der Waals surface area contributed by atoms with E-state index in [1.54, 1.807) is 0 Å². The number of nitrogens with zero attached hydrogens (tertiary/aromatic N) is 3. The summed E-state index contributed by atoms with van der Waals surface area (Å²) in [7, 11) is 2.21. The van der Waals surface area contributed by atoms with Crippen molar-refractivity contribution >= 4 is 29.1 Å². The number of anilines is 1. The third-order valence-electron chi connectivity index (χ3n) is 9.37. The Kier molecular flexibility index (Phi) is 9.82. The summed E-state index contributed by atoms with van der Waals surface area (Å²) in [6.07, 6.45) is 2.20. The number of para-hydroxylation sites is 1. The van der Waals surface area contributed by atoms with Crippen molar-refractivity contribution < 1.29 is 9.59 Å². The maximum Gasteiger partial charge on any atom is 0.245 e. The fraction of sp³-hybridized carbons (Fsp3) is 0.429. The van der Waals surface area contributed by atoms with Gasteiger partial charge < -0.3 is 25.8 Å². The average molecular weight is 615 g/mol. The van der Waals surface area contributed by atoms with Gasteiger partial charge in [-0.1, -0.05) is 66.2 Å². The highest BCUT2D eigenvalue weighted by Crippen LogP contribution is 2.25. The molecule has 232 valence electrons. The number of carbonyl (C=O) groups excluding carboxylic acids is 2. The van der Waals surface area contributed by atoms with Gasteiger partial charge in [0.1, 0.15) is 6.04 Å². The van der Waals surface area contributed by atoms with Crippen molar-refractivity contribution in [1.82, 2.24) is 25.8 Å². The molecule has 44 heavy (non-hydrogen) atoms. The molecule has 0 spiro atoms. The van der Waals surface area contributed by atoms with Crippen LogP contribution in [0.25, 0.3) is 0 Å². The lowest BCUT2D eigenvalue weighted by molar-refractivity contribution is -0.137. The van der Waals surface area contributed by atoms with Gasteiger partial charge in [0.25, 0.3) is 0 Å². The van der Waals surface area contributed by atoms with Crippen LogP contribution in [0.5, 0.6) is 0 Å². The van der Waals surface area contributed by atoms with Crippen LogP contribution in [-0.2, 0) is 35.5 Å². The average Bonchev–Trinajstić information content (AvgIpc) is 3.61. The second-order valence-electron chi connectivity index (χ2n) is 12.3. The number of fused-ring (bicyclic) bond motifs is 1. The maximum absolute atomic E-state index is 14.0. The lowest BCUT2D eigenvalue weighted by atomic mass is 9.95. The summed E-state index contributed by atoms with van der Waals surface area (Å²) in [5, 5.41) is 10.6. The van der Waals surface area contributed by atoms with Crippen LogP contribution >= 0.6 is 11.6 Å². The maximum atomic E-state index is 14.0. The number of halogens is 1. The van der Waals surface area contributed by atoms with Crippen molar-refractivity contribution in [3.63, 3.8) is 0 Å². The number of nitrogens with one attached hydrogen (secondary N) is 3. The number of amides is 2. The zero-order valence-electron chi connectivity index (χ0n) is 25.5. The third-order valence-corrected chi connectivity index (χ3v) is 9.62. The Morgan fingerprint density at radius 1 is 0.977 bits per heavy atom. The van der Waals surface area contributed by atoms with Crippen LogP contribution in [0.15, 0.2) is 72.8 Å². The largest absolute Gasteiger partial charge is 0.368 e. The number of rotatable bonds is 9. The quantitative estimate of drug-likeness (QED) is 0.344. The van der Waals surface area contributed by atoms with Gasteiger partial charge in [-0.05, 0) is 66.9 Å². The van der Waals surface area contributed by atoms with Gasteiger partial charge in [0.05, 0.1) is 6.04 Å². The molecule has 2 fully saturated rings. The molecule has 0 aromatic heterocycles. The van der Waals surface area contributed by atoms with E-state index in [-0.39, 0.29) is 17.9 Å². The van der Waals surface area contributed by atoms with Crippen LogP contribution in [0.2, 0.25) is 5.02 Å². The Balaban J connectivity index is 1.12. The molecule has 3 atom stereocenters. The number of benzene rings is 3. The van der Waals surface area contributed by atoms with Gasteiger partial charge in [-0.3, -0.25) is 14.5 Å². The van der Waals surface area contributed by atoms with Crippen molar-refractivity contribution in [2.24, 2.45) is 0 Å². The van der Waals surface area contributed by atoms with E-state index in [0.29, 0.717) is 43.5 Å². The van der Waals surface area contributed by atoms with Crippen molar-refractivity contribution in [1.29, 1.82) is 0 Å². The van der Waals surface area contributed by atoms with Crippen molar-refractivity contribution in [2.45, 2.75) is 50.5 Å². The summed E-state index contributed by atoms with van der Waals surface area (Å²) >= 11 is 6.13. The lowest BCUT2D eigenvalue weighted by Crippen LogP contribution is -2.58. The SMILES string of the molecule is CN(Cc1ccccc1N1CCN(C(=O)[C@@H](Cc2ccc(Cl)cc2)NC(=O)[C@H]2Cc3ccccc3CN2)CC1)[C@H]1CCNC1. The molecule has 9 heteroatoms. The normalized spacial score (nSPS) is 20.8. The second kappa shape index (κ2) is 14.1. The van der Waals surface area contributed by atoms with Crippen LogP contribution in [0.3, 0.4) is 0 Å². The van der Waals surface area contributed by atoms with Gasteiger partial charge in [-0.2, -0.15) is 0 Å². The Morgan fingerprint density at radius 2 is 1.70 bits per heavy atom. The number of hydrogen-bond acceptors (Lipinski definition) is 6. The molecule has 6 rings (SSSR count). The summed E-state index contributed by atoms with van der Waals surface area (Å²) in [6.45, 7) is 6.38. The lowest BCUT2D eigenvalue weighted by Gasteiger charge is -2.39. The van der Waals surface area contributed by atoms with Crippen LogP contribution in [0.4, 0.5) is 5.69 Å². The van der Waals surface area contributed by atoms with Gasteiger partial charge in [-0.15, -0.1) is 0 Å². The molecule has 0 radical (unpaired) electrons. The van der Waals surface area contributed by atoms with Crippen LogP contribution in [0, 0.1) is 0 Å². The van der Waals surface area contributed by atoms with E-state index in [2.05, 4.69) is 69.2 Å². The summed E-state index contributed by atoms with van der Waals surface area (Å²) in [5.41, 5.74) is 5.91. The van der Waals surface area contributed by atoms with E-state index in [1.807, 2.05) is 41.3 Å². The molecule has 2 amide bonds. The minimum Gasteiger partial charge on any atom is -0.368 e. The van der Waals surface area contributed by atoms with E-state index < -0.39 is 6.04 Å². The fourth-order valence-electron chi connectivity index (χ4n) is 6.72. The number of piperazine rings is 1. The van der Waals surface area contributed by atoms with E-state index in [0.717, 1.165) is 38.3 Å². The van der Waals surface area contributed by atoms with Crippen molar-refractivity contribution in [2.75, 3.05) is 51.2 Å². The summed E-state index contributed by atoms with van der Waals surface area (Å²) in [4.78, 5) is 34.3. The van der Waals surface area contributed by atoms with E-state index >= 15 is 0 Å². The minimum atomic E-state index is -0.657. The third kappa shape index (κ3) is 7.26. The molecule has 3 aliphatic rings. The molecule has 0 bridgehead atoms. The smallest absolute Gasteiger partial charge is 0.245 e. The molecule has 3 N–H and O–H groups in total. The zero-order valence-corrected chi connectivity index (χ0v) is 26.2. The molecular formula is C35H43ClN6O2. The van der Waals surface area contributed by atoms with Gasteiger partial charge in [0.15, 0.2) is 0 Å². The van der Waals surface area contributed by atoms with Gasteiger partial charge in [-0.25, -0.2) is 0 Å². The predicted molar refractivity (Wildman–Crippen MR) is 176 cm³/mol. The number of likely N-dealkylation sites (N-methyl/N-ethyl adjacent to an activating group) is 1. The molecule has 3 aromatic carbocycles. The molecule has 0 saturated carbocycles.